The molecule has 0 radical (unpaired) electrons. The van der Waals surface area contributed by atoms with E-state index in [1.54, 1.807) is 0 Å². The first-order chi connectivity index (χ1) is 12.1. The Morgan fingerprint density at radius 3 is 2.56 bits per heavy atom. The van der Waals surface area contributed by atoms with Crippen molar-refractivity contribution in [1.29, 1.82) is 0 Å². The Morgan fingerprint density at radius 2 is 1.92 bits per heavy atom. The monoisotopic (exact) mass is 355 g/mol. The number of amides is 2. The third-order valence-corrected chi connectivity index (χ3v) is 5.22. The van der Waals surface area contributed by atoms with Gasteiger partial charge in [-0.05, 0) is 38.6 Å². The van der Waals surface area contributed by atoms with Crippen LogP contribution in [-0.4, -0.2) is 66.4 Å². The van der Waals surface area contributed by atoms with E-state index in [1.807, 2.05) is 11.8 Å². The Balaban J connectivity index is 1.48. The van der Waals surface area contributed by atoms with E-state index in [2.05, 4.69) is 10.6 Å². The molecule has 2 aliphatic carbocycles. The number of carbonyl (C=O) groups is 2. The molecule has 0 heterocycles. The van der Waals surface area contributed by atoms with Gasteiger partial charge in [-0.15, -0.1) is 0 Å². The van der Waals surface area contributed by atoms with Gasteiger partial charge in [-0.1, -0.05) is 26.2 Å². The van der Waals surface area contributed by atoms with Gasteiger partial charge in [-0.25, -0.2) is 4.79 Å². The number of urea groups is 1. The molecule has 7 nitrogen and oxygen atoms in total. The van der Waals surface area contributed by atoms with Gasteiger partial charge in [0.2, 0.25) is 0 Å². The number of hydrogen-bond acceptors (Lipinski definition) is 4. The highest BCUT2D eigenvalue weighted by atomic mass is 16.5. The molecule has 0 atom stereocenters. The number of nitrogens with one attached hydrogen (secondary N) is 2. The molecule has 0 saturated heterocycles. The van der Waals surface area contributed by atoms with Crippen LogP contribution >= 0.6 is 0 Å². The highest BCUT2D eigenvalue weighted by Gasteiger charge is 2.34. The number of aliphatic carboxylic acids is 1. The molecule has 0 unspecified atom stereocenters. The van der Waals surface area contributed by atoms with E-state index in [9.17, 15) is 9.59 Å². The first-order valence-electron chi connectivity index (χ1n) is 9.70. The topological polar surface area (TPSA) is 90.9 Å². The smallest absolute Gasteiger partial charge is 0.317 e. The third-order valence-electron chi connectivity index (χ3n) is 5.22. The van der Waals surface area contributed by atoms with Crippen molar-refractivity contribution in [2.24, 2.45) is 0 Å². The zero-order chi connectivity index (χ0) is 18.1. The number of likely N-dealkylation sites (N-methyl/N-ethyl adjacent to an activating group) is 1. The molecular weight excluding hydrogens is 322 g/mol. The maximum atomic E-state index is 11.9. The quantitative estimate of drug-likeness (QED) is 0.521. The Labute approximate surface area is 150 Å². The minimum absolute atomic E-state index is 0.0705. The lowest BCUT2D eigenvalue weighted by molar-refractivity contribution is -0.139. The van der Waals surface area contributed by atoms with Gasteiger partial charge in [0.15, 0.2) is 0 Å². The number of carboxylic acids is 1. The second-order valence-corrected chi connectivity index (χ2v) is 7.16. The summed E-state index contributed by atoms with van der Waals surface area (Å²) in [4.78, 5) is 24.6. The van der Waals surface area contributed by atoms with Crippen LogP contribution in [0.5, 0.6) is 0 Å². The third kappa shape index (κ3) is 7.20. The summed E-state index contributed by atoms with van der Waals surface area (Å²) in [6, 6.07) is 0.268. The van der Waals surface area contributed by atoms with Gasteiger partial charge in [0.1, 0.15) is 0 Å². The predicted octanol–water partition coefficient (Wildman–Crippen LogP) is 1.96. The maximum Gasteiger partial charge on any atom is 0.317 e. The molecule has 2 rings (SSSR count). The average molecular weight is 355 g/mol. The van der Waals surface area contributed by atoms with Crippen LogP contribution in [0.4, 0.5) is 4.79 Å². The van der Waals surface area contributed by atoms with Crippen molar-refractivity contribution in [2.45, 2.75) is 76.5 Å². The number of carbonyl (C=O) groups excluding carboxylic acids is 1. The molecule has 25 heavy (non-hydrogen) atoms. The summed E-state index contributed by atoms with van der Waals surface area (Å²) in [5.74, 6) is -0.800. The van der Waals surface area contributed by atoms with Crippen LogP contribution in [0.2, 0.25) is 0 Å². The summed E-state index contributed by atoms with van der Waals surface area (Å²) in [6.07, 6.45) is 9.11. The predicted molar refractivity (Wildman–Crippen MR) is 95.7 cm³/mol. The SMILES string of the molecule is CCN(CC(=O)O)C1CC(NC(=O)NCCCOC2CCCCC2)C1. The second kappa shape index (κ2) is 10.6. The maximum absolute atomic E-state index is 11.9. The van der Waals surface area contributed by atoms with Crippen molar-refractivity contribution < 1.29 is 19.4 Å². The molecule has 0 spiro atoms. The van der Waals surface area contributed by atoms with E-state index in [1.165, 1.54) is 32.1 Å². The number of rotatable bonds is 10. The molecule has 0 bridgehead atoms. The molecule has 2 amide bonds. The highest BCUT2D eigenvalue weighted by molar-refractivity contribution is 5.74. The van der Waals surface area contributed by atoms with Crippen LogP contribution in [0, 0.1) is 0 Å². The Morgan fingerprint density at radius 1 is 1.20 bits per heavy atom. The van der Waals surface area contributed by atoms with Crippen molar-refractivity contribution in [1.82, 2.24) is 15.5 Å². The van der Waals surface area contributed by atoms with Crippen molar-refractivity contribution in [3.63, 3.8) is 0 Å². The van der Waals surface area contributed by atoms with Crippen molar-refractivity contribution >= 4 is 12.0 Å². The Bertz CT molecular complexity index is 421. The zero-order valence-electron chi connectivity index (χ0n) is 15.3. The molecule has 7 heteroatoms. The van der Waals surface area contributed by atoms with Gasteiger partial charge >= 0.3 is 12.0 Å². The second-order valence-electron chi connectivity index (χ2n) is 7.16. The van der Waals surface area contributed by atoms with E-state index in [0.717, 1.165) is 25.8 Å². The van der Waals surface area contributed by atoms with Gasteiger partial charge in [0, 0.05) is 25.2 Å². The summed E-state index contributed by atoms with van der Waals surface area (Å²) >= 11 is 0. The molecule has 0 aromatic rings. The summed E-state index contributed by atoms with van der Waals surface area (Å²) in [7, 11) is 0. The van der Waals surface area contributed by atoms with Crippen LogP contribution in [0.3, 0.4) is 0 Å². The number of carboxylic acid groups (broad SMARTS) is 1. The van der Waals surface area contributed by atoms with Gasteiger partial charge in [-0.2, -0.15) is 0 Å². The molecule has 2 saturated carbocycles. The lowest BCUT2D eigenvalue weighted by atomic mass is 9.85. The average Bonchev–Trinajstić information content (AvgIpc) is 2.56. The molecular formula is C18H33N3O4. The number of nitrogens with zero attached hydrogens (tertiary/aromatic N) is 1. The Hall–Kier alpha value is -1.34. The minimum atomic E-state index is -0.800. The number of ether oxygens (including phenoxy) is 1. The molecule has 0 aromatic heterocycles. The van der Waals surface area contributed by atoms with Crippen molar-refractivity contribution in [2.75, 3.05) is 26.2 Å². The van der Waals surface area contributed by atoms with Gasteiger partial charge in [0.25, 0.3) is 0 Å². The molecule has 2 aliphatic rings. The minimum Gasteiger partial charge on any atom is -0.480 e. The summed E-state index contributed by atoms with van der Waals surface area (Å²) < 4.78 is 5.84. The normalized spacial score (nSPS) is 23.9. The van der Waals surface area contributed by atoms with E-state index in [0.29, 0.717) is 19.3 Å². The van der Waals surface area contributed by atoms with Crippen LogP contribution in [0.25, 0.3) is 0 Å². The molecule has 3 N–H and O–H groups in total. The van der Waals surface area contributed by atoms with E-state index >= 15 is 0 Å². The van der Waals surface area contributed by atoms with Crippen LogP contribution in [0.15, 0.2) is 0 Å². The summed E-state index contributed by atoms with van der Waals surface area (Å²) in [5.41, 5.74) is 0. The highest BCUT2D eigenvalue weighted by Crippen LogP contribution is 2.25. The van der Waals surface area contributed by atoms with E-state index in [4.69, 9.17) is 9.84 Å². The van der Waals surface area contributed by atoms with Gasteiger partial charge < -0.3 is 20.5 Å². The first-order valence-corrected chi connectivity index (χ1v) is 9.70. The van der Waals surface area contributed by atoms with Gasteiger partial charge in [-0.3, -0.25) is 9.69 Å². The fourth-order valence-corrected chi connectivity index (χ4v) is 3.67. The standard InChI is InChI=1S/C18H33N3O4/c1-2-21(13-17(22)23)15-11-14(12-15)20-18(24)19-9-6-10-25-16-7-4-3-5-8-16/h14-16H,2-13H2,1H3,(H,22,23)(H2,19,20,24). The fourth-order valence-electron chi connectivity index (χ4n) is 3.67. The van der Waals surface area contributed by atoms with Gasteiger partial charge in [0.05, 0.1) is 12.6 Å². The van der Waals surface area contributed by atoms with Crippen LogP contribution in [0.1, 0.15) is 58.3 Å². The zero-order valence-corrected chi connectivity index (χ0v) is 15.3. The molecule has 0 aliphatic heterocycles. The molecule has 144 valence electrons. The first kappa shape index (κ1) is 20.0. The Kier molecular flexibility index (Phi) is 8.48. The summed E-state index contributed by atoms with van der Waals surface area (Å²) in [5, 5.41) is 14.7. The lowest BCUT2D eigenvalue weighted by Gasteiger charge is -2.42. The molecule has 2 fully saturated rings. The summed E-state index contributed by atoms with van der Waals surface area (Å²) in [6.45, 7) is 4.08. The van der Waals surface area contributed by atoms with Crippen LogP contribution in [-0.2, 0) is 9.53 Å². The van der Waals surface area contributed by atoms with Crippen molar-refractivity contribution in [3.8, 4) is 0 Å². The van der Waals surface area contributed by atoms with Crippen LogP contribution < -0.4 is 10.6 Å². The largest absolute Gasteiger partial charge is 0.480 e. The fraction of sp³-hybridized carbons (Fsp3) is 0.889. The lowest BCUT2D eigenvalue weighted by Crippen LogP contribution is -2.56. The van der Waals surface area contributed by atoms with Crippen molar-refractivity contribution in [3.05, 3.63) is 0 Å². The van der Waals surface area contributed by atoms with E-state index in [-0.39, 0.29) is 24.7 Å². The van der Waals surface area contributed by atoms with E-state index < -0.39 is 5.97 Å². The molecule has 0 aromatic carbocycles. The number of hydrogen-bond donors (Lipinski definition) is 3.